The number of rotatable bonds is 7. The molecule has 0 radical (unpaired) electrons. The smallest absolute Gasteiger partial charge is 0.119 e. The molecule has 0 aromatic heterocycles. The minimum atomic E-state index is -0.287. The molecule has 0 aliphatic carbocycles. The molecule has 0 unspecified atom stereocenters. The van der Waals surface area contributed by atoms with Gasteiger partial charge in [-0.1, -0.05) is 39.0 Å². The molecule has 0 spiro atoms. The minimum Gasteiger partial charge on any atom is -0.309 e. The van der Waals surface area contributed by atoms with Crippen LogP contribution in [0.2, 0.25) is 0 Å². The summed E-state index contributed by atoms with van der Waals surface area (Å²) in [5, 5.41) is 6.84. The van der Waals surface area contributed by atoms with Gasteiger partial charge in [-0.15, -0.1) is 0 Å². The van der Waals surface area contributed by atoms with Crippen LogP contribution in [-0.4, -0.2) is 6.21 Å². The summed E-state index contributed by atoms with van der Waals surface area (Å²) in [4.78, 5) is 0. The fourth-order valence-electron chi connectivity index (χ4n) is 2.38. The van der Waals surface area contributed by atoms with Gasteiger partial charge in [0, 0.05) is 6.21 Å². The highest BCUT2D eigenvalue weighted by molar-refractivity contribution is 5.68. The van der Waals surface area contributed by atoms with Gasteiger partial charge >= 0.3 is 0 Å². The topological polar surface area (TPSA) is 23.9 Å². The Bertz CT molecular complexity index is 498. The third-order valence-electron chi connectivity index (χ3n) is 3.22. The van der Waals surface area contributed by atoms with Crippen LogP contribution < -0.4 is 0 Å². The summed E-state index contributed by atoms with van der Waals surface area (Å²) in [6.45, 7) is 6.58. The molecule has 108 valence electrons. The van der Waals surface area contributed by atoms with E-state index in [0.29, 0.717) is 12.3 Å². The van der Waals surface area contributed by atoms with Gasteiger partial charge in [0.2, 0.25) is 0 Å². The molecule has 0 saturated heterocycles. The zero-order chi connectivity index (χ0) is 15.0. The third-order valence-corrected chi connectivity index (χ3v) is 3.22. The van der Waals surface area contributed by atoms with Crippen LogP contribution in [0.15, 0.2) is 42.3 Å². The average molecular weight is 273 g/mol. The quantitative estimate of drug-likeness (QED) is 0.531. The molecule has 0 bridgehead atoms. The molecule has 0 aliphatic rings. The van der Waals surface area contributed by atoms with Crippen molar-refractivity contribution in [1.29, 1.82) is 5.41 Å². The van der Waals surface area contributed by atoms with Crippen LogP contribution in [0.4, 0.5) is 4.39 Å². The Balaban J connectivity index is 2.95. The van der Waals surface area contributed by atoms with Crippen LogP contribution >= 0.6 is 0 Å². The normalized spacial score (nSPS) is 12.3. The molecule has 0 heterocycles. The van der Waals surface area contributed by atoms with E-state index in [4.69, 9.17) is 5.41 Å². The number of halogens is 1. The molecule has 1 aromatic rings. The van der Waals surface area contributed by atoms with Gasteiger partial charge in [-0.2, -0.15) is 0 Å². The van der Waals surface area contributed by atoms with E-state index in [1.165, 1.54) is 28.8 Å². The van der Waals surface area contributed by atoms with E-state index in [9.17, 15) is 4.39 Å². The molecule has 0 aliphatic heterocycles. The van der Waals surface area contributed by atoms with Gasteiger partial charge < -0.3 is 5.41 Å². The largest absolute Gasteiger partial charge is 0.309 e. The van der Waals surface area contributed by atoms with Crippen molar-refractivity contribution in [2.45, 2.75) is 40.0 Å². The molecule has 2 heteroatoms. The van der Waals surface area contributed by atoms with Crippen molar-refractivity contribution in [2.75, 3.05) is 0 Å². The maximum atomic E-state index is 13.5. The highest BCUT2D eigenvalue weighted by Gasteiger charge is 2.07. The molecule has 20 heavy (non-hydrogen) atoms. The first kappa shape index (κ1) is 16.4. The van der Waals surface area contributed by atoms with Crippen LogP contribution in [0.3, 0.4) is 0 Å². The maximum absolute atomic E-state index is 13.5. The molecule has 0 amide bonds. The van der Waals surface area contributed by atoms with E-state index in [1.807, 2.05) is 0 Å². The second-order valence-electron chi connectivity index (χ2n) is 5.33. The van der Waals surface area contributed by atoms with Crippen LogP contribution in [0, 0.1) is 11.3 Å². The predicted octanol–water partition coefficient (Wildman–Crippen LogP) is 5.05. The molecule has 1 rings (SSSR count). The molecule has 0 fully saturated rings. The molecular weight excluding hydrogens is 249 g/mol. The van der Waals surface area contributed by atoms with Gasteiger partial charge in [0.25, 0.3) is 0 Å². The summed E-state index contributed by atoms with van der Waals surface area (Å²) in [6.07, 6.45) is 8.00. The first-order chi connectivity index (χ1) is 9.58. The van der Waals surface area contributed by atoms with Gasteiger partial charge in [0.05, 0.1) is 0 Å². The number of hydrogen-bond acceptors (Lipinski definition) is 1. The van der Waals surface area contributed by atoms with E-state index in [-0.39, 0.29) is 5.83 Å². The van der Waals surface area contributed by atoms with Crippen LogP contribution in [0.25, 0.3) is 0 Å². The van der Waals surface area contributed by atoms with Gasteiger partial charge in [-0.25, -0.2) is 4.39 Å². The molecular formula is C18H24FN. The van der Waals surface area contributed by atoms with Crippen LogP contribution in [0.1, 0.15) is 37.5 Å². The van der Waals surface area contributed by atoms with Gasteiger partial charge in [0.15, 0.2) is 0 Å². The summed E-state index contributed by atoms with van der Waals surface area (Å²) in [5.41, 5.74) is 3.93. The van der Waals surface area contributed by atoms with Gasteiger partial charge in [-0.3, -0.25) is 0 Å². The highest BCUT2D eigenvalue weighted by atomic mass is 19.1. The van der Waals surface area contributed by atoms with E-state index < -0.39 is 0 Å². The minimum absolute atomic E-state index is 0.287. The summed E-state index contributed by atoms with van der Waals surface area (Å²) < 4.78 is 13.5. The summed E-state index contributed by atoms with van der Waals surface area (Å²) in [7, 11) is 0. The van der Waals surface area contributed by atoms with Crippen molar-refractivity contribution in [3.8, 4) is 0 Å². The Morgan fingerprint density at radius 1 is 1.30 bits per heavy atom. The van der Waals surface area contributed by atoms with Crippen molar-refractivity contribution >= 4 is 6.21 Å². The number of hydrogen-bond donors (Lipinski definition) is 1. The lowest BCUT2D eigenvalue weighted by atomic mass is 9.91. The SMILES string of the molecule is CCc1c(C/C=C(F)\C=C/C=N)cccc1CC(C)C. The summed E-state index contributed by atoms with van der Waals surface area (Å²) in [5.74, 6) is 0.336. The molecule has 0 saturated carbocycles. The number of benzene rings is 1. The fraction of sp³-hybridized carbons (Fsp3) is 0.389. The number of nitrogens with one attached hydrogen (secondary N) is 1. The molecule has 1 aromatic carbocycles. The van der Waals surface area contributed by atoms with Crippen molar-refractivity contribution in [2.24, 2.45) is 5.92 Å². The van der Waals surface area contributed by atoms with Crippen LogP contribution in [-0.2, 0) is 19.3 Å². The van der Waals surface area contributed by atoms with Gasteiger partial charge in [-0.05, 0) is 60.1 Å². The first-order valence-electron chi connectivity index (χ1n) is 7.20. The van der Waals surface area contributed by atoms with Crippen molar-refractivity contribution in [3.05, 3.63) is 58.9 Å². The Labute approximate surface area is 121 Å². The van der Waals surface area contributed by atoms with E-state index in [2.05, 4.69) is 39.0 Å². The number of allylic oxidation sites excluding steroid dienone is 4. The maximum Gasteiger partial charge on any atom is 0.119 e. The summed E-state index contributed by atoms with van der Waals surface area (Å²) >= 11 is 0. The first-order valence-corrected chi connectivity index (χ1v) is 7.20. The molecule has 1 N–H and O–H groups in total. The van der Waals surface area contributed by atoms with E-state index >= 15 is 0 Å². The van der Waals surface area contributed by atoms with E-state index in [1.54, 1.807) is 6.08 Å². The highest BCUT2D eigenvalue weighted by Crippen LogP contribution is 2.20. The zero-order valence-corrected chi connectivity index (χ0v) is 12.6. The predicted molar refractivity (Wildman–Crippen MR) is 85.2 cm³/mol. The lowest BCUT2D eigenvalue weighted by Crippen LogP contribution is -2.02. The second-order valence-corrected chi connectivity index (χ2v) is 5.33. The Hall–Kier alpha value is -1.70. The Morgan fingerprint density at radius 2 is 2.00 bits per heavy atom. The lowest BCUT2D eigenvalue weighted by Gasteiger charge is -2.14. The lowest BCUT2D eigenvalue weighted by molar-refractivity contribution is 0.642. The molecule has 1 nitrogen and oxygen atoms in total. The van der Waals surface area contributed by atoms with Crippen molar-refractivity contribution < 1.29 is 4.39 Å². The standard InChI is InChI=1S/C18H24FN/c1-4-18-15(10-11-17(19)9-6-12-20)7-5-8-16(18)13-14(2)3/h5-9,11-12,14,20H,4,10,13H2,1-3H3/b9-6-,17-11+,20-12?. The summed E-state index contributed by atoms with van der Waals surface area (Å²) in [6, 6.07) is 6.31. The Morgan fingerprint density at radius 3 is 2.60 bits per heavy atom. The monoisotopic (exact) mass is 273 g/mol. The second kappa shape index (κ2) is 8.47. The zero-order valence-electron chi connectivity index (χ0n) is 12.6. The average Bonchev–Trinajstić information content (AvgIpc) is 2.42. The molecule has 0 atom stereocenters. The van der Waals surface area contributed by atoms with Crippen molar-refractivity contribution in [3.63, 3.8) is 0 Å². The Kier molecular flexibility index (Phi) is 6.92. The van der Waals surface area contributed by atoms with Gasteiger partial charge in [0.1, 0.15) is 5.83 Å². The van der Waals surface area contributed by atoms with E-state index in [0.717, 1.165) is 19.1 Å². The van der Waals surface area contributed by atoms with Crippen molar-refractivity contribution in [1.82, 2.24) is 0 Å². The fourth-order valence-corrected chi connectivity index (χ4v) is 2.38. The van der Waals surface area contributed by atoms with Crippen LogP contribution in [0.5, 0.6) is 0 Å². The third kappa shape index (κ3) is 5.12.